The van der Waals surface area contributed by atoms with E-state index in [0.717, 1.165) is 31.1 Å². The summed E-state index contributed by atoms with van der Waals surface area (Å²) in [5, 5.41) is 22.5. The lowest BCUT2D eigenvalue weighted by atomic mass is 9.35. The third-order valence-corrected chi connectivity index (χ3v) is 12.6. The van der Waals surface area contributed by atoms with E-state index in [1.54, 1.807) is 0 Å². The van der Waals surface area contributed by atoms with Crippen LogP contribution in [0.3, 0.4) is 0 Å². The standard InChI is InChI=1S/C30H54O2/c1-20(2)10-9-16-30(8,32)22-13-18-28(6)21(22)11-12-24-27(5)17-15-25(31)26(3,4)23(27)14-19-29(24,28)7/h20-25,31-32H,9-19H2,1-8H3/t21-,22+,23+,24-,25+,27+,28-,29-,30+/m1/s1. The molecular formula is C30H54O2. The lowest BCUT2D eigenvalue weighted by Gasteiger charge is -2.70. The first-order valence-corrected chi connectivity index (χ1v) is 14.1. The van der Waals surface area contributed by atoms with Crippen molar-refractivity contribution in [3.63, 3.8) is 0 Å². The Morgan fingerprint density at radius 2 is 1.50 bits per heavy atom. The second-order valence-electron chi connectivity index (χ2n) is 14.8. The molecular weight excluding hydrogens is 392 g/mol. The fraction of sp³-hybridized carbons (Fsp3) is 1.00. The molecule has 0 bridgehead atoms. The first-order chi connectivity index (χ1) is 14.7. The first kappa shape index (κ1) is 25.0. The molecule has 0 saturated heterocycles. The van der Waals surface area contributed by atoms with Crippen molar-refractivity contribution in [2.75, 3.05) is 0 Å². The first-order valence-electron chi connectivity index (χ1n) is 14.1. The summed E-state index contributed by atoms with van der Waals surface area (Å²) in [6.45, 7) is 19.3. The van der Waals surface area contributed by atoms with Gasteiger partial charge in [0.2, 0.25) is 0 Å². The van der Waals surface area contributed by atoms with Crippen molar-refractivity contribution in [2.24, 2.45) is 51.2 Å². The molecule has 0 spiro atoms. The van der Waals surface area contributed by atoms with E-state index in [1.165, 1.54) is 51.4 Å². The van der Waals surface area contributed by atoms with Gasteiger partial charge in [-0.2, -0.15) is 0 Å². The van der Waals surface area contributed by atoms with E-state index in [2.05, 4.69) is 55.4 Å². The van der Waals surface area contributed by atoms with Crippen molar-refractivity contribution in [3.05, 3.63) is 0 Å². The van der Waals surface area contributed by atoms with Crippen LogP contribution in [0.15, 0.2) is 0 Å². The van der Waals surface area contributed by atoms with Crippen molar-refractivity contribution >= 4 is 0 Å². The normalized spacial score (nSPS) is 49.8. The van der Waals surface area contributed by atoms with Crippen LogP contribution in [0.4, 0.5) is 0 Å². The Morgan fingerprint density at radius 1 is 0.844 bits per heavy atom. The molecule has 186 valence electrons. The lowest BCUT2D eigenvalue weighted by Crippen LogP contribution is -2.64. The van der Waals surface area contributed by atoms with Gasteiger partial charge in [0, 0.05) is 0 Å². The second kappa shape index (κ2) is 7.97. The minimum atomic E-state index is -0.515. The van der Waals surface area contributed by atoms with Gasteiger partial charge in [0.1, 0.15) is 0 Å². The van der Waals surface area contributed by atoms with Crippen LogP contribution in [0, 0.1) is 51.2 Å². The summed E-state index contributed by atoms with van der Waals surface area (Å²) in [5.74, 6) is 3.25. The van der Waals surface area contributed by atoms with E-state index >= 15 is 0 Å². The smallest absolute Gasteiger partial charge is 0.0650 e. The number of fused-ring (bicyclic) bond motifs is 5. The van der Waals surface area contributed by atoms with Crippen LogP contribution < -0.4 is 0 Å². The van der Waals surface area contributed by atoms with Crippen molar-refractivity contribution in [2.45, 2.75) is 138 Å². The minimum absolute atomic E-state index is 0.0321. The van der Waals surface area contributed by atoms with Crippen LogP contribution in [-0.2, 0) is 0 Å². The van der Waals surface area contributed by atoms with E-state index < -0.39 is 5.60 Å². The Labute approximate surface area is 199 Å². The van der Waals surface area contributed by atoms with E-state index in [4.69, 9.17) is 0 Å². The Balaban J connectivity index is 1.59. The Kier molecular flexibility index (Phi) is 6.24. The molecule has 0 unspecified atom stereocenters. The average molecular weight is 447 g/mol. The van der Waals surface area contributed by atoms with Gasteiger partial charge in [0.05, 0.1) is 11.7 Å². The largest absolute Gasteiger partial charge is 0.393 e. The van der Waals surface area contributed by atoms with Gasteiger partial charge in [-0.1, -0.05) is 61.3 Å². The highest BCUT2D eigenvalue weighted by molar-refractivity contribution is 5.18. The molecule has 4 saturated carbocycles. The number of aliphatic hydroxyl groups excluding tert-OH is 1. The summed E-state index contributed by atoms with van der Waals surface area (Å²) in [6.07, 6.45) is 13.1. The topological polar surface area (TPSA) is 40.5 Å². The molecule has 0 aromatic rings. The van der Waals surface area contributed by atoms with E-state index in [0.29, 0.717) is 34.0 Å². The fourth-order valence-electron chi connectivity index (χ4n) is 10.5. The number of aliphatic hydroxyl groups is 2. The van der Waals surface area contributed by atoms with Gasteiger partial charge in [0.25, 0.3) is 0 Å². The van der Waals surface area contributed by atoms with E-state index in [1.807, 2.05) is 0 Å². The number of hydrogen-bond donors (Lipinski definition) is 2. The predicted molar refractivity (Wildman–Crippen MR) is 134 cm³/mol. The second-order valence-corrected chi connectivity index (χ2v) is 14.8. The molecule has 0 aliphatic heterocycles. The summed E-state index contributed by atoms with van der Waals surface area (Å²) in [7, 11) is 0. The zero-order chi connectivity index (χ0) is 23.7. The number of hydrogen-bond acceptors (Lipinski definition) is 2. The van der Waals surface area contributed by atoms with Gasteiger partial charge >= 0.3 is 0 Å². The average Bonchev–Trinajstić information content (AvgIpc) is 3.04. The van der Waals surface area contributed by atoms with Crippen molar-refractivity contribution in [1.29, 1.82) is 0 Å². The van der Waals surface area contributed by atoms with Crippen LogP contribution in [0.5, 0.6) is 0 Å². The Hall–Kier alpha value is -0.0800. The maximum absolute atomic E-state index is 11.7. The van der Waals surface area contributed by atoms with Crippen molar-refractivity contribution in [3.8, 4) is 0 Å². The highest BCUT2D eigenvalue weighted by Gasteiger charge is 2.69. The highest BCUT2D eigenvalue weighted by atomic mass is 16.3. The monoisotopic (exact) mass is 446 g/mol. The summed E-state index contributed by atoms with van der Waals surface area (Å²) >= 11 is 0. The van der Waals surface area contributed by atoms with Gasteiger partial charge in [-0.05, 0) is 116 Å². The van der Waals surface area contributed by atoms with Crippen molar-refractivity contribution < 1.29 is 10.2 Å². The zero-order valence-corrected chi connectivity index (χ0v) is 22.6. The summed E-state index contributed by atoms with van der Waals surface area (Å²) in [6, 6.07) is 0. The molecule has 4 aliphatic rings. The molecule has 2 N–H and O–H groups in total. The quantitative estimate of drug-likeness (QED) is 0.456. The van der Waals surface area contributed by atoms with Gasteiger partial charge in [-0.3, -0.25) is 0 Å². The van der Waals surface area contributed by atoms with Gasteiger partial charge in [-0.25, -0.2) is 0 Å². The number of rotatable bonds is 5. The van der Waals surface area contributed by atoms with Gasteiger partial charge in [-0.15, -0.1) is 0 Å². The lowest BCUT2D eigenvalue weighted by molar-refractivity contribution is -0.225. The van der Waals surface area contributed by atoms with Crippen LogP contribution in [-0.4, -0.2) is 21.9 Å². The van der Waals surface area contributed by atoms with Crippen LogP contribution in [0.1, 0.15) is 126 Å². The summed E-state index contributed by atoms with van der Waals surface area (Å²) in [4.78, 5) is 0. The molecule has 4 aliphatic carbocycles. The van der Waals surface area contributed by atoms with Gasteiger partial charge < -0.3 is 10.2 Å². The highest BCUT2D eigenvalue weighted by Crippen LogP contribution is 2.75. The third-order valence-electron chi connectivity index (χ3n) is 12.6. The maximum atomic E-state index is 11.7. The molecule has 4 rings (SSSR count). The molecule has 0 aromatic heterocycles. The fourth-order valence-corrected chi connectivity index (χ4v) is 10.5. The Morgan fingerprint density at radius 3 is 2.16 bits per heavy atom. The van der Waals surface area contributed by atoms with Crippen LogP contribution in [0.25, 0.3) is 0 Å². The molecule has 0 heterocycles. The Bertz CT molecular complexity index is 695. The van der Waals surface area contributed by atoms with Gasteiger partial charge in [0.15, 0.2) is 0 Å². The summed E-state index contributed by atoms with van der Waals surface area (Å²) in [5.41, 5.74) is 0.573. The van der Waals surface area contributed by atoms with E-state index in [9.17, 15) is 10.2 Å². The van der Waals surface area contributed by atoms with Crippen LogP contribution in [0.2, 0.25) is 0 Å². The van der Waals surface area contributed by atoms with Crippen molar-refractivity contribution in [1.82, 2.24) is 0 Å². The summed E-state index contributed by atoms with van der Waals surface area (Å²) < 4.78 is 0. The molecule has 0 amide bonds. The van der Waals surface area contributed by atoms with E-state index in [-0.39, 0.29) is 11.5 Å². The maximum Gasteiger partial charge on any atom is 0.0650 e. The minimum Gasteiger partial charge on any atom is -0.393 e. The molecule has 4 fully saturated rings. The molecule has 2 heteroatoms. The molecule has 0 radical (unpaired) electrons. The third kappa shape index (κ3) is 3.47. The molecule has 2 nitrogen and oxygen atoms in total. The predicted octanol–water partition coefficient (Wildman–Crippen LogP) is 7.61. The molecule has 9 atom stereocenters. The molecule has 32 heavy (non-hydrogen) atoms. The SMILES string of the molecule is CC(C)CCC[C@](C)(O)[C@H]1CC[C@]2(C)[C@@H]1CC[C@@H]1[C@@]3(C)CC[C@H](O)C(C)(C)[C@@H]3CC[C@]12C. The van der Waals surface area contributed by atoms with Crippen LogP contribution >= 0.6 is 0 Å². The zero-order valence-electron chi connectivity index (χ0n) is 22.6. The molecule has 0 aromatic carbocycles.